The minimum absolute atomic E-state index is 0.0513. The van der Waals surface area contributed by atoms with E-state index in [4.69, 9.17) is 4.74 Å². The number of hydrogen-bond donors (Lipinski definition) is 5. The number of aliphatic hydroxyl groups is 1. The lowest BCUT2D eigenvalue weighted by molar-refractivity contribution is -0.135. The van der Waals surface area contributed by atoms with Crippen LogP contribution in [0.5, 0.6) is 0 Å². The van der Waals surface area contributed by atoms with Crippen LogP contribution in [0.4, 0.5) is 0 Å². The molecule has 1 aliphatic heterocycles. The molecule has 1 aliphatic rings. The van der Waals surface area contributed by atoms with Crippen LogP contribution < -0.4 is 21.3 Å². The number of rotatable bonds is 16. The monoisotopic (exact) mass is 598 g/mol. The Labute approximate surface area is 254 Å². The molecule has 3 unspecified atom stereocenters. The molecule has 4 amide bonds. The highest BCUT2D eigenvalue weighted by Crippen LogP contribution is 2.07. The zero-order chi connectivity index (χ0) is 31.8. The van der Waals surface area contributed by atoms with Crippen LogP contribution in [0.3, 0.4) is 0 Å². The van der Waals surface area contributed by atoms with E-state index in [9.17, 15) is 29.5 Å². The van der Waals surface area contributed by atoms with Gasteiger partial charge in [0.15, 0.2) is 0 Å². The Hall–Kier alpha value is -3.79. The number of allylic oxidation sites excluding steroid dienone is 1. The van der Waals surface area contributed by atoms with Gasteiger partial charge < -0.3 is 31.1 Å². The molecule has 0 saturated carbocycles. The number of benzene rings is 1. The second-order valence-corrected chi connectivity index (χ2v) is 11.1. The maximum Gasteiger partial charge on any atom is 0.261 e. The number of morpholine rings is 1. The minimum Gasteiger partial charge on any atom is -0.391 e. The number of ether oxygens (including phenoxy) is 1. The summed E-state index contributed by atoms with van der Waals surface area (Å²) in [6, 6.07) is 7.40. The molecule has 1 heterocycles. The molecule has 0 aliphatic carbocycles. The summed E-state index contributed by atoms with van der Waals surface area (Å²) in [5, 5.41) is 30.4. The Morgan fingerprint density at radius 2 is 1.70 bits per heavy atom. The van der Waals surface area contributed by atoms with E-state index in [1.807, 2.05) is 56.0 Å². The van der Waals surface area contributed by atoms with Crippen LogP contribution in [0.25, 0.3) is 0 Å². The average Bonchev–Trinajstić information content (AvgIpc) is 2.97. The number of aryl methyl sites for hydroxylation is 1. The van der Waals surface area contributed by atoms with Gasteiger partial charge in [-0.2, -0.15) is 5.26 Å². The first kappa shape index (κ1) is 35.4. The van der Waals surface area contributed by atoms with Gasteiger partial charge in [0.05, 0.1) is 25.9 Å². The summed E-state index contributed by atoms with van der Waals surface area (Å²) >= 11 is 0. The number of unbranched alkanes of at least 4 members (excludes halogenated alkanes) is 1. The fraction of sp³-hybridized carbons (Fsp3) is 0.581. The smallest absolute Gasteiger partial charge is 0.261 e. The molecule has 2 rings (SSSR count). The molecule has 12 heteroatoms. The molecule has 236 valence electrons. The molecule has 0 spiro atoms. The fourth-order valence-electron chi connectivity index (χ4n) is 4.40. The number of nitriles is 1. The number of aliphatic hydroxyl groups excluding tert-OH is 1. The Morgan fingerprint density at radius 1 is 1.02 bits per heavy atom. The summed E-state index contributed by atoms with van der Waals surface area (Å²) in [7, 11) is 0. The highest BCUT2D eigenvalue weighted by molar-refractivity contribution is 5.97. The van der Waals surface area contributed by atoms with Crippen molar-refractivity contribution in [3.8, 4) is 6.07 Å². The number of carbonyl (C=O) groups is 4. The summed E-state index contributed by atoms with van der Waals surface area (Å²) in [5.74, 6) is -1.90. The second-order valence-electron chi connectivity index (χ2n) is 11.1. The first-order valence-corrected chi connectivity index (χ1v) is 14.8. The number of nitrogens with one attached hydrogen (secondary N) is 4. The quantitative estimate of drug-likeness (QED) is 0.105. The topological polar surface area (TPSA) is 173 Å². The first-order valence-electron chi connectivity index (χ1n) is 14.8. The Kier molecular flexibility index (Phi) is 15.4. The molecule has 43 heavy (non-hydrogen) atoms. The van der Waals surface area contributed by atoms with Crippen molar-refractivity contribution in [2.45, 2.75) is 71.7 Å². The van der Waals surface area contributed by atoms with Gasteiger partial charge in [-0.15, -0.1) is 0 Å². The van der Waals surface area contributed by atoms with Gasteiger partial charge in [0.25, 0.3) is 5.91 Å². The van der Waals surface area contributed by atoms with E-state index in [0.29, 0.717) is 39.1 Å². The van der Waals surface area contributed by atoms with Crippen LogP contribution in [-0.4, -0.2) is 91.2 Å². The van der Waals surface area contributed by atoms with Crippen LogP contribution in [-0.2, 0) is 30.5 Å². The zero-order valence-corrected chi connectivity index (χ0v) is 25.7. The molecule has 0 radical (unpaired) electrons. The lowest BCUT2D eigenvalue weighted by Gasteiger charge is -2.28. The van der Waals surface area contributed by atoms with Gasteiger partial charge in [0.1, 0.15) is 23.7 Å². The van der Waals surface area contributed by atoms with E-state index in [2.05, 4.69) is 21.3 Å². The lowest BCUT2D eigenvalue weighted by atomic mass is 10.1. The van der Waals surface area contributed by atoms with Crippen molar-refractivity contribution in [1.82, 2.24) is 26.2 Å². The van der Waals surface area contributed by atoms with Crippen molar-refractivity contribution in [2.75, 3.05) is 39.4 Å². The highest BCUT2D eigenvalue weighted by Gasteiger charge is 2.30. The predicted molar refractivity (Wildman–Crippen MR) is 161 cm³/mol. The van der Waals surface area contributed by atoms with Crippen molar-refractivity contribution in [2.24, 2.45) is 5.92 Å². The van der Waals surface area contributed by atoms with E-state index < -0.39 is 41.8 Å². The average molecular weight is 599 g/mol. The van der Waals surface area contributed by atoms with Crippen LogP contribution in [0.2, 0.25) is 0 Å². The molecule has 3 atom stereocenters. The van der Waals surface area contributed by atoms with E-state index in [-0.39, 0.29) is 37.5 Å². The second kappa shape index (κ2) is 18.7. The molecule has 1 saturated heterocycles. The van der Waals surface area contributed by atoms with Gasteiger partial charge in [-0.1, -0.05) is 49.8 Å². The molecule has 12 nitrogen and oxygen atoms in total. The summed E-state index contributed by atoms with van der Waals surface area (Å²) in [4.78, 5) is 53.2. The molecule has 0 aromatic heterocycles. The van der Waals surface area contributed by atoms with Crippen molar-refractivity contribution in [3.05, 3.63) is 47.0 Å². The van der Waals surface area contributed by atoms with Gasteiger partial charge >= 0.3 is 0 Å². The van der Waals surface area contributed by atoms with Gasteiger partial charge in [-0.3, -0.25) is 24.1 Å². The molecular weight excluding hydrogens is 552 g/mol. The maximum absolute atomic E-state index is 13.2. The normalized spacial score (nSPS) is 16.0. The molecule has 5 N–H and O–H groups in total. The summed E-state index contributed by atoms with van der Waals surface area (Å²) in [6.07, 6.45) is 1.62. The standard InChI is InChI=1S/C31H46N6O6/c1-21(2)17-25(18-32)29(40)33-12-6-5-7-26(30(41)34-19-24-10-8-22(3)9-11-24)35-31(42)28(23(4)38)36-27(39)20-37-13-15-43-16-14-37/h8-11,17,21,23,26,28,38H,5-7,12-16,19-20H2,1-4H3,(H,33,40)(H,34,41)(H,35,42)(H,36,39). The van der Waals surface area contributed by atoms with Crippen LogP contribution in [0.15, 0.2) is 35.9 Å². The van der Waals surface area contributed by atoms with Crippen molar-refractivity contribution < 1.29 is 29.0 Å². The van der Waals surface area contributed by atoms with Crippen molar-refractivity contribution in [1.29, 1.82) is 5.26 Å². The number of hydrogen-bond acceptors (Lipinski definition) is 8. The Morgan fingerprint density at radius 3 is 2.30 bits per heavy atom. The van der Waals surface area contributed by atoms with E-state index in [1.54, 1.807) is 6.08 Å². The number of carbonyl (C=O) groups excluding carboxylic acids is 4. The van der Waals surface area contributed by atoms with Gasteiger partial charge in [0, 0.05) is 26.2 Å². The first-order chi connectivity index (χ1) is 20.5. The molecular formula is C31H46N6O6. The maximum atomic E-state index is 13.2. The minimum atomic E-state index is -1.25. The van der Waals surface area contributed by atoms with E-state index in [0.717, 1.165) is 11.1 Å². The van der Waals surface area contributed by atoms with Gasteiger partial charge in [-0.05, 0) is 44.6 Å². The fourth-order valence-corrected chi connectivity index (χ4v) is 4.40. The largest absolute Gasteiger partial charge is 0.391 e. The third-order valence-electron chi connectivity index (χ3n) is 6.84. The predicted octanol–water partition coefficient (Wildman–Crippen LogP) is 0.686. The molecule has 1 aromatic rings. The summed E-state index contributed by atoms with van der Waals surface area (Å²) in [6.45, 7) is 9.95. The molecule has 1 aromatic carbocycles. The third-order valence-corrected chi connectivity index (χ3v) is 6.84. The van der Waals surface area contributed by atoms with Crippen LogP contribution in [0.1, 0.15) is 51.2 Å². The SMILES string of the molecule is Cc1ccc(CNC(=O)C(CCCCNC(=O)C(C#N)=CC(C)C)NC(=O)C(NC(=O)CN2CCOCC2)C(C)O)cc1. The van der Waals surface area contributed by atoms with Crippen molar-refractivity contribution >= 4 is 23.6 Å². The third kappa shape index (κ3) is 13.4. The van der Waals surface area contributed by atoms with Crippen LogP contribution in [0, 0.1) is 24.2 Å². The van der Waals surface area contributed by atoms with Crippen LogP contribution >= 0.6 is 0 Å². The van der Waals surface area contributed by atoms with E-state index in [1.165, 1.54) is 6.92 Å². The van der Waals surface area contributed by atoms with Crippen molar-refractivity contribution in [3.63, 3.8) is 0 Å². The van der Waals surface area contributed by atoms with E-state index >= 15 is 0 Å². The highest BCUT2D eigenvalue weighted by atomic mass is 16.5. The number of amides is 4. The van der Waals surface area contributed by atoms with Gasteiger partial charge in [-0.25, -0.2) is 0 Å². The molecule has 0 bridgehead atoms. The summed E-state index contributed by atoms with van der Waals surface area (Å²) in [5.41, 5.74) is 2.04. The van der Waals surface area contributed by atoms with Gasteiger partial charge in [0.2, 0.25) is 17.7 Å². The zero-order valence-electron chi connectivity index (χ0n) is 25.7. The number of nitrogens with zero attached hydrogens (tertiary/aromatic N) is 2. The summed E-state index contributed by atoms with van der Waals surface area (Å²) < 4.78 is 5.30. The molecule has 1 fully saturated rings. The Bertz CT molecular complexity index is 1140. The lowest BCUT2D eigenvalue weighted by Crippen LogP contribution is -2.58. The Balaban J connectivity index is 2.00.